The van der Waals surface area contributed by atoms with E-state index in [1.54, 1.807) is 13.2 Å². The number of guanidine groups is 1. The van der Waals surface area contributed by atoms with Crippen LogP contribution in [0.4, 0.5) is 0 Å². The van der Waals surface area contributed by atoms with Gasteiger partial charge in [-0.1, -0.05) is 0 Å². The van der Waals surface area contributed by atoms with Crippen molar-refractivity contribution in [1.29, 1.82) is 0 Å². The second kappa shape index (κ2) is 9.99. The Morgan fingerprint density at radius 2 is 2.29 bits per heavy atom. The molecule has 1 aliphatic rings. The van der Waals surface area contributed by atoms with E-state index < -0.39 is 0 Å². The standard InChI is InChI=1S/C14H25N5O.HI/c1-15-14(17-10-13-6-8-18-19(13)2)16-7-3-9-20-11-12-4-5-12;/h6,8,12H,3-5,7,9-11H2,1-2H3,(H2,15,16,17);1H. The van der Waals surface area contributed by atoms with Gasteiger partial charge in [-0.05, 0) is 31.2 Å². The van der Waals surface area contributed by atoms with Crippen LogP contribution in [-0.2, 0) is 18.3 Å². The van der Waals surface area contributed by atoms with Crippen LogP contribution in [0.5, 0.6) is 0 Å². The van der Waals surface area contributed by atoms with E-state index in [0.29, 0.717) is 6.54 Å². The molecular weight excluding hydrogens is 381 g/mol. The third kappa shape index (κ3) is 7.12. The average Bonchev–Trinajstić information content (AvgIpc) is 3.19. The van der Waals surface area contributed by atoms with Crippen molar-refractivity contribution >= 4 is 29.9 Å². The number of ether oxygens (including phenoxy) is 1. The molecule has 0 atom stereocenters. The highest BCUT2D eigenvalue weighted by molar-refractivity contribution is 14.0. The van der Waals surface area contributed by atoms with E-state index in [1.807, 2.05) is 17.8 Å². The molecule has 21 heavy (non-hydrogen) atoms. The predicted molar refractivity (Wildman–Crippen MR) is 95.0 cm³/mol. The molecule has 2 N–H and O–H groups in total. The lowest BCUT2D eigenvalue weighted by Crippen LogP contribution is -2.38. The number of hydrogen-bond donors (Lipinski definition) is 2. The molecule has 0 saturated heterocycles. The second-order valence-corrected chi connectivity index (χ2v) is 5.17. The first-order chi connectivity index (χ1) is 9.79. The smallest absolute Gasteiger partial charge is 0.191 e. The molecule has 6 nitrogen and oxygen atoms in total. The Hall–Kier alpha value is -0.830. The summed E-state index contributed by atoms with van der Waals surface area (Å²) in [6, 6.07) is 1.99. The number of rotatable bonds is 8. The molecule has 120 valence electrons. The summed E-state index contributed by atoms with van der Waals surface area (Å²) >= 11 is 0. The summed E-state index contributed by atoms with van der Waals surface area (Å²) < 4.78 is 7.45. The Kier molecular flexibility index (Phi) is 8.67. The molecule has 7 heteroatoms. The van der Waals surface area contributed by atoms with Gasteiger partial charge in [-0.3, -0.25) is 9.67 Å². The normalized spacial score (nSPS) is 14.7. The van der Waals surface area contributed by atoms with Gasteiger partial charge < -0.3 is 15.4 Å². The van der Waals surface area contributed by atoms with Crippen LogP contribution in [0, 0.1) is 5.92 Å². The highest BCUT2D eigenvalue weighted by atomic mass is 127. The van der Waals surface area contributed by atoms with Crippen molar-refractivity contribution in [2.24, 2.45) is 18.0 Å². The SMILES string of the molecule is CN=C(NCCCOCC1CC1)NCc1ccnn1C.I. The number of hydrogen-bond acceptors (Lipinski definition) is 3. The first-order valence-corrected chi connectivity index (χ1v) is 7.28. The maximum absolute atomic E-state index is 5.60. The summed E-state index contributed by atoms with van der Waals surface area (Å²) in [5, 5.41) is 10.7. The van der Waals surface area contributed by atoms with Crippen molar-refractivity contribution in [3.63, 3.8) is 0 Å². The minimum Gasteiger partial charge on any atom is -0.381 e. The lowest BCUT2D eigenvalue weighted by Gasteiger charge is -2.12. The fourth-order valence-electron chi connectivity index (χ4n) is 1.89. The van der Waals surface area contributed by atoms with Gasteiger partial charge in [-0.2, -0.15) is 5.10 Å². The highest BCUT2D eigenvalue weighted by Crippen LogP contribution is 2.28. The summed E-state index contributed by atoms with van der Waals surface area (Å²) in [4.78, 5) is 4.20. The van der Waals surface area contributed by atoms with E-state index in [0.717, 1.165) is 43.8 Å². The molecule has 0 amide bonds. The third-order valence-corrected chi connectivity index (χ3v) is 3.39. The lowest BCUT2D eigenvalue weighted by molar-refractivity contribution is 0.123. The van der Waals surface area contributed by atoms with Crippen LogP contribution in [0.15, 0.2) is 17.3 Å². The van der Waals surface area contributed by atoms with E-state index in [9.17, 15) is 0 Å². The Morgan fingerprint density at radius 1 is 1.48 bits per heavy atom. The molecule has 2 rings (SSSR count). The first kappa shape index (κ1) is 18.2. The van der Waals surface area contributed by atoms with Crippen molar-refractivity contribution in [3.05, 3.63) is 18.0 Å². The van der Waals surface area contributed by atoms with Crippen molar-refractivity contribution < 1.29 is 4.74 Å². The van der Waals surface area contributed by atoms with Gasteiger partial charge >= 0.3 is 0 Å². The molecule has 1 saturated carbocycles. The minimum absolute atomic E-state index is 0. The van der Waals surface area contributed by atoms with Gasteiger partial charge in [0.2, 0.25) is 0 Å². The summed E-state index contributed by atoms with van der Waals surface area (Å²) in [5.74, 6) is 1.66. The van der Waals surface area contributed by atoms with Gasteiger partial charge in [0, 0.05) is 40.1 Å². The van der Waals surface area contributed by atoms with Gasteiger partial charge in [0.1, 0.15) is 0 Å². The Labute approximate surface area is 143 Å². The van der Waals surface area contributed by atoms with Crippen LogP contribution >= 0.6 is 24.0 Å². The molecule has 0 radical (unpaired) electrons. The third-order valence-electron chi connectivity index (χ3n) is 3.39. The topological polar surface area (TPSA) is 63.5 Å². The summed E-state index contributed by atoms with van der Waals surface area (Å²) in [6.45, 7) is 3.35. The number of aliphatic imine (C=N–C) groups is 1. The summed E-state index contributed by atoms with van der Waals surface area (Å²) in [7, 11) is 3.71. The van der Waals surface area contributed by atoms with Crippen molar-refractivity contribution in [2.45, 2.75) is 25.8 Å². The van der Waals surface area contributed by atoms with E-state index >= 15 is 0 Å². The number of aryl methyl sites for hydroxylation is 1. The molecule has 0 aliphatic heterocycles. The number of aromatic nitrogens is 2. The van der Waals surface area contributed by atoms with E-state index in [-0.39, 0.29) is 24.0 Å². The van der Waals surface area contributed by atoms with Gasteiger partial charge in [0.15, 0.2) is 5.96 Å². The minimum atomic E-state index is 0. The molecule has 1 heterocycles. The van der Waals surface area contributed by atoms with Gasteiger partial charge in [-0.25, -0.2) is 0 Å². The molecule has 0 bridgehead atoms. The fraction of sp³-hybridized carbons (Fsp3) is 0.714. The van der Waals surface area contributed by atoms with Gasteiger partial charge in [-0.15, -0.1) is 24.0 Å². The first-order valence-electron chi connectivity index (χ1n) is 7.28. The fourth-order valence-corrected chi connectivity index (χ4v) is 1.89. The Bertz CT molecular complexity index is 431. The van der Waals surface area contributed by atoms with Crippen LogP contribution in [-0.4, -0.2) is 42.5 Å². The average molecular weight is 407 g/mol. The second-order valence-electron chi connectivity index (χ2n) is 5.17. The summed E-state index contributed by atoms with van der Waals surface area (Å²) in [6.07, 6.45) is 5.50. The highest BCUT2D eigenvalue weighted by Gasteiger charge is 2.20. The van der Waals surface area contributed by atoms with Crippen LogP contribution in [0.3, 0.4) is 0 Å². The molecule has 0 unspecified atom stereocenters. The van der Waals surface area contributed by atoms with Crippen LogP contribution in [0.1, 0.15) is 25.0 Å². The van der Waals surface area contributed by atoms with Gasteiger partial charge in [0.25, 0.3) is 0 Å². The molecule has 0 aromatic carbocycles. The summed E-state index contributed by atoms with van der Waals surface area (Å²) in [5.41, 5.74) is 1.13. The predicted octanol–water partition coefficient (Wildman–Crippen LogP) is 1.52. The monoisotopic (exact) mass is 407 g/mol. The number of nitrogens with zero attached hydrogens (tertiary/aromatic N) is 3. The quantitative estimate of drug-likeness (QED) is 0.297. The van der Waals surface area contributed by atoms with Crippen LogP contribution in [0.25, 0.3) is 0 Å². The van der Waals surface area contributed by atoms with E-state index in [4.69, 9.17) is 4.74 Å². The number of halogens is 1. The zero-order valence-corrected chi connectivity index (χ0v) is 15.2. The van der Waals surface area contributed by atoms with Crippen molar-refractivity contribution in [1.82, 2.24) is 20.4 Å². The lowest BCUT2D eigenvalue weighted by atomic mass is 10.4. The van der Waals surface area contributed by atoms with Crippen molar-refractivity contribution in [2.75, 3.05) is 26.8 Å². The molecule has 0 spiro atoms. The largest absolute Gasteiger partial charge is 0.381 e. The zero-order chi connectivity index (χ0) is 14.2. The molecule has 1 aromatic heterocycles. The van der Waals surface area contributed by atoms with Crippen LogP contribution < -0.4 is 10.6 Å². The Balaban J connectivity index is 0.00000220. The number of nitrogens with one attached hydrogen (secondary N) is 2. The molecule has 1 aromatic rings. The molecular formula is C14H26IN5O. The van der Waals surface area contributed by atoms with E-state index in [1.165, 1.54) is 12.8 Å². The zero-order valence-electron chi connectivity index (χ0n) is 12.8. The van der Waals surface area contributed by atoms with E-state index in [2.05, 4.69) is 20.7 Å². The maximum atomic E-state index is 5.60. The maximum Gasteiger partial charge on any atom is 0.191 e. The van der Waals surface area contributed by atoms with Gasteiger partial charge in [0.05, 0.1) is 12.2 Å². The molecule has 1 aliphatic carbocycles. The molecule has 1 fully saturated rings. The van der Waals surface area contributed by atoms with Crippen molar-refractivity contribution in [3.8, 4) is 0 Å². The Morgan fingerprint density at radius 3 is 2.90 bits per heavy atom. The van der Waals surface area contributed by atoms with Crippen LogP contribution in [0.2, 0.25) is 0 Å².